The maximum atomic E-state index is 13.7. The SMILES string of the molecule is CCOC(=O)C1CC(C(=O)NC(CCc2ccccc2)C(=O)Nc2cnc3ccccc3c2)N(C(=O)OC(C)(C)C)C1. The number of carbonyl (C=O) groups is 4. The number of hydrogen-bond acceptors (Lipinski definition) is 7. The summed E-state index contributed by atoms with van der Waals surface area (Å²) < 4.78 is 10.7. The lowest BCUT2D eigenvalue weighted by Gasteiger charge is -2.29. The monoisotopic (exact) mass is 574 g/mol. The molecule has 3 atom stereocenters. The summed E-state index contributed by atoms with van der Waals surface area (Å²) in [6.45, 7) is 7.04. The van der Waals surface area contributed by atoms with Gasteiger partial charge in [0.1, 0.15) is 17.7 Å². The van der Waals surface area contributed by atoms with Crippen molar-refractivity contribution in [3.63, 3.8) is 0 Å². The van der Waals surface area contributed by atoms with Gasteiger partial charge in [-0.3, -0.25) is 24.3 Å². The number of benzene rings is 2. The van der Waals surface area contributed by atoms with Crippen molar-refractivity contribution in [3.8, 4) is 0 Å². The van der Waals surface area contributed by atoms with Crippen LogP contribution in [0, 0.1) is 5.92 Å². The molecule has 2 N–H and O–H groups in total. The predicted octanol–water partition coefficient (Wildman–Crippen LogP) is 4.48. The van der Waals surface area contributed by atoms with Crippen LogP contribution in [0.15, 0.2) is 66.9 Å². The zero-order valence-corrected chi connectivity index (χ0v) is 24.5. The highest BCUT2D eigenvalue weighted by molar-refractivity contribution is 5.99. The fourth-order valence-electron chi connectivity index (χ4n) is 4.90. The van der Waals surface area contributed by atoms with Gasteiger partial charge in [-0.15, -0.1) is 0 Å². The van der Waals surface area contributed by atoms with E-state index >= 15 is 0 Å². The van der Waals surface area contributed by atoms with Crippen LogP contribution in [0.5, 0.6) is 0 Å². The summed E-state index contributed by atoms with van der Waals surface area (Å²) in [5.41, 5.74) is 1.50. The number of ether oxygens (including phenoxy) is 2. The second-order valence-corrected chi connectivity index (χ2v) is 11.3. The molecule has 1 aliphatic heterocycles. The van der Waals surface area contributed by atoms with Crippen LogP contribution in [0.1, 0.15) is 46.1 Å². The molecule has 42 heavy (non-hydrogen) atoms. The highest BCUT2D eigenvalue weighted by Gasteiger charge is 2.45. The van der Waals surface area contributed by atoms with Crippen LogP contribution in [-0.2, 0) is 30.3 Å². The van der Waals surface area contributed by atoms with Gasteiger partial charge in [0.2, 0.25) is 11.8 Å². The molecule has 10 heteroatoms. The van der Waals surface area contributed by atoms with Gasteiger partial charge in [-0.2, -0.15) is 0 Å². The van der Waals surface area contributed by atoms with Crippen LogP contribution in [0.4, 0.5) is 10.5 Å². The first kappa shape index (κ1) is 30.5. The number of rotatable bonds is 9. The lowest BCUT2D eigenvalue weighted by atomic mass is 10.0. The van der Waals surface area contributed by atoms with Crippen molar-refractivity contribution in [1.29, 1.82) is 0 Å². The average Bonchev–Trinajstić information content (AvgIpc) is 3.41. The van der Waals surface area contributed by atoms with Crippen molar-refractivity contribution in [3.05, 3.63) is 72.4 Å². The van der Waals surface area contributed by atoms with E-state index < -0.39 is 47.5 Å². The molecular formula is C32H38N4O6. The summed E-state index contributed by atoms with van der Waals surface area (Å²) in [6, 6.07) is 17.1. The molecule has 1 fully saturated rings. The summed E-state index contributed by atoms with van der Waals surface area (Å²) >= 11 is 0. The van der Waals surface area contributed by atoms with Gasteiger partial charge in [0.05, 0.1) is 29.9 Å². The van der Waals surface area contributed by atoms with E-state index in [4.69, 9.17) is 9.47 Å². The van der Waals surface area contributed by atoms with E-state index in [1.807, 2.05) is 60.7 Å². The molecular weight excluding hydrogens is 536 g/mol. The van der Waals surface area contributed by atoms with E-state index in [9.17, 15) is 19.2 Å². The van der Waals surface area contributed by atoms with E-state index in [1.54, 1.807) is 33.9 Å². The van der Waals surface area contributed by atoms with Gasteiger partial charge < -0.3 is 20.1 Å². The van der Waals surface area contributed by atoms with Crippen LogP contribution in [0.25, 0.3) is 10.9 Å². The van der Waals surface area contributed by atoms with E-state index in [-0.39, 0.29) is 19.6 Å². The standard InChI is InChI=1S/C32H38N4O6/c1-5-41-30(39)23-18-27(36(20-23)31(40)42-32(2,3)4)29(38)35-26(16-15-21-11-7-6-8-12-21)28(37)34-24-17-22-13-9-10-14-25(22)33-19-24/h6-14,17,19,23,26-27H,5,15-16,18,20H2,1-4H3,(H,34,37)(H,35,38). The molecule has 10 nitrogen and oxygen atoms in total. The normalized spacial score (nSPS) is 17.4. The molecule has 1 aliphatic rings. The van der Waals surface area contributed by atoms with Crippen molar-refractivity contribution in [2.45, 2.75) is 64.6 Å². The number of anilines is 1. The number of aromatic nitrogens is 1. The molecule has 2 aromatic carbocycles. The van der Waals surface area contributed by atoms with Crippen LogP contribution in [-0.4, -0.2) is 64.6 Å². The zero-order valence-electron chi connectivity index (χ0n) is 24.5. The highest BCUT2D eigenvalue weighted by Crippen LogP contribution is 2.27. The first-order chi connectivity index (χ1) is 20.0. The maximum absolute atomic E-state index is 13.7. The Morgan fingerprint density at radius 3 is 2.48 bits per heavy atom. The first-order valence-corrected chi connectivity index (χ1v) is 14.2. The summed E-state index contributed by atoms with van der Waals surface area (Å²) in [5.74, 6) is -2.13. The highest BCUT2D eigenvalue weighted by atomic mass is 16.6. The predicted molar refractivity (Wildman–Crippen MR) is 159 cm³/mol. The minimum atomic E-state index is -1.01. The van der Waals surface area contributed by atoms with Gasteiger partial charge in [-0.05, 0) is 64.7 Å². The Bertz CT molecular complexity index is 1420. The summed E-state index contributed by atoms with van der Waals surface area (Å²) in [4.78, 5) is 58.5. The van der Waals surface area contributed by atoms with Crippen LogP contribution >= 0.6 is 0 Å². The fraction of sp³-hybridized carbons (Fsp3) is 0.406. The Morgan fingerprint density at radius 2 is 1.76 bits per heavy atom. The molecule has 3 aromatic rings. The second-order valence-electron chi connectivity index (χ2n) is 11.3. The number of amides is 3. The average molecular weight is 575 g/mol. The van der Waals surface area contributed by atoms with Gasteiger partial charge in [0.25, 0.3) is 0 Å². The number of likely N-dealkylation sites (tertiary alicyclic amines) is 1. The van der Waals surface area contributed by atoms with Crippen molar-refractivity contribution in [1.82, 2.24) is 15.2 Å². The molecule has 4 rings (SSSR count). The van der Waals surface area contributed by atoms with Crippen LogP contribution in [0.2, 0.25) is 0 Å². The molecule has 0 radical (unpaired) electrons. The molecule has 0 aliphatic carbocycles. The van der Waals surface area contributed by atoms with Gasteiger partial charge >= 0.3 is 12.1 Å². The lowest BCUT2D eigenvalue weighted by molar-refractivity contribution is -0.147. The maximum Gasteiger partial charge on any atom is 0.410 e. The van der Waals surface area contributed by atoms with Crippen LogP contribution in [0.3, 0.4) is 0 Å². The first-order valence-electron chi connectivity index (χ1n) is 14.2. The third-order valence-electron chi connectivity index (χ3n) is 6.91. The number of pyridine rings is 1. The summed E-state index contributed by atoms with van der Waals surface area (Å²) in [7, 11) is 0. The Balaban J connectivity index is 1.54. The zero-order chi connectivity index (χ0) is 30.3. The van der Waals surface area contributed by atoms with Crippen molar-refractivity contribution in [2.24, 2.45) is 5.92 Å². The number of esters is 1. The van der Waals surface area contributed by atoms with Crippen molar-refractivity contribution in [2.75, 3.05) is 18.5 Å². The Labute approximate surface area is 245 Å². The van der Waals surface area contributed by atoms with Gasteiger partial charge in [0, 0.05) is 11.9 Å². The third kappa shape index (κ3) is 8.05. The van der Waals surface area contributed by atoms with E-state index in [0.717, 1.165) is 16.5 Å². The van der Waals surface area contributed by atoms with E-state index in [1.165, 1.54) is 4.90 Å². The number of carbonyl (C=O) groups excluding carboxylic acids is 4. The van der Waals surface area contributed by atoms with Crippen LogP contribution < -0.4 is 10.6 Å². The topological polar surface area (TPSA) is 127 Å². The minimum Gasteiger partial charge on any atom is -0.466 e. The molecule has 222 valence electrons. The summed E-state index contributed by atoms with van der Waals surface area (Å²) in [5, 5.41) is 6.60. The lowest BCUT2D eigenvalue weighted by Crippen LogP contribution is -2.52. The van der Waals surface area contributed by atoms with Crippen molar-refractivity contribution < 1.29 is 28.7 Å². The van der Waals surface area contributed by atoms with Gasteiger partial charge in [-0.25, -0.2) is 4.79 Å². The molecule has 1 aromatic heterocycles. The number of hydrogen-bond donors (Lipinski definition) is 2. The molecule has 0 spiro atoms. The van der Waals surface area contributed by atoms with Gasteiger partial charge in [-0.1, -0.05) is 48.5 Å². The Kier molecular flexibility index (Phi) is 9.77. The smallest absolute Gasteiger partial charge is 0.410 e. The van der Waals surface area contributed by atoms with Crippen molar-refractivity contribution >= 4 is 40.5 Å². The molecule has 3 unspecified atom stereocenters. The number of para-hydroxylation sites is 1. The Hall–Kier alpha value is -4.47. The fourth-order valence-corrected chi connectivity index (χ4v) is 4.90. The minimum absolute atomic E-state index is 0.0184. The number of nitrogens with one attached hydrogen (secondary N) is 2. The third-order valence-corrected chi connectivity index (χ3v) is 6.91. The van der Waals surface area contributed by atoms with E-state index in [2.05, 4.69) is 15.6 Å². The number of aryl methyl sites for hydroxylation is 1. The largest absolute Gasteiger partial charge is 0.466 e. The second kappa shape index (κ2) is 13.5. The molecule has 0 bridgehead atoms. The quantitative estimate of drug-likeness (QED) is 0.361. The number of fused-ring (bicyclic) bond motifs is 1. The Morgan fingerprint density at radius 1 is 1.05 bits per heavy atom. The number of nitrogens with zero attached hydrogens (tertiary/aromatic N) is 2. The summed E-state index contributed by atoms with van der Waals surface area (Å²) in [6.07, 6.45) is 1.76. The molecule has 2 heterocycles. The molecule has 3 amide bonds. The van der Waals surface area contributed by atoms with E-state index in [0.29, 0.717) is 18.5 Å². The molecule has 1 saturated heterocycles. The molecule has 0 saturated carbocycles. The van der Waals surface area contributed by atoms with Gasteiger partial charge in [0.15, 0.2) is 0 Å².